The third-order valence-electron chi connectivity index (χ3n) is 2.45. The quantitative estimate of drug-likeness (QED) is 0.824. The van der Waals surface area contributed by atoms with Gasteiger partial charge in [-0.3, -0.25) is 0 Å². The largest absolute Gasteiger partial charge is 0.399 e. The van der Waals surface area contributed by atoms with Crippen molar-refractivity contribution in [3.8, 4) is 0 Å². The van der Waals surface area contributed by atoms with Crippen molar-refractivity contribution in [1.82, 2.24) is 0 Å². The first kappa shape index (κ1) is 13.0. The number of rotatable bonds is 3. The predicted octanol–water partition coefficient (Wildman–Crippen LogP) is 4.33. The van der Waals surface area contributed by atoms with Crippen molar-refractivity contribution < 1.29 is 4.39 Å². The van der Waals surface area contributed by atoms with E-state index in [0.717, 1.165) is 5.56 Å². The Hall–Kier alpha value is -1.45. The van der Waals surface area contributed by atoms with Crippen molar-refractivity contribution in [3.63, 3.8) is 0 Å². The van der Waals surface area contributed by atoms with Gasteiger partial charge in [-0.2, -0.15) is 0 Å². The Morgan fingerprint density at radius 2 is 1.61 bits per heavy atom. The average Bonchev–Trinajstić information content (AvgIpc) is 2.30. The lowest BCUT2D eigenvalue weighted by Crippen LogP contribution is -2.01. The molecule has 0 aliphatic heterocycles. The number of hydrogen-bond acceptors (Lipinski definition) is 2. The molecule has 2 nitrogen and oxygen atoms in total. The summed E-state index contributed by atoms with van der Waals surface area (Å²) in [6, 6.07) is 9.45. The van der Waals surface area contributed by atoms with Crippen LogP contribution in [-0.2, 0) is 6.54 Å². The summed E-state index contributed by atoms with van der Waals surface area (Å²) in [5.41, 5.74) is 7.68. The molecule has 5 heteroatoms. The second kappa shape index (κ2) is 5.46. The van der Waals surface area contributed by atoms with Crippen molar-refractivity contribution in [2.45, 2.75) is 6.54 Å². The van der Waals surface area contributed by atoms with E-state index in [1.54, 1.807) is 24.3 Å². The van der Waals surface area contributed by atoms with Crippen LogP contribution in [0, 0.1) is 5.82 Å². The fraction of sp³-hybridized carbons (Fsp3) is 0.0769. The smallest absolute Gasteiger partial charge is 0.123 e. The van der Waals surface area contributed by atoms with Crippen LogP contribution in [-0.4, -0.2) is 0 Å². The number of nitrogens with one attached hydrogen (secondary N) is 1. The molecular formula is C13H11Cl2FN2. The highest BCUT2D eigenvalue weighted by molar-refractivity contribution is 6.39. The highest BCUT2D eigenvalue weighted by atomic mass is 35.5. The minimum atomic E-state index is -0.262. The van der Waals surface area contributed by atoms with Gasteiger partial charge in [0.15, 0.2) is 0 Å². The summed E-state index contributed by atoms with van der Waals surface area (Å²) in [7, 11) is 0. The molecule has 0 fully saturated rings. The summed E-state index contributed by atoms with van der Waals surface area (Å²) in [5.74, 6) is -0.262. The number of anilines is 2. The average molecular weight is 285 g/mol. The number of halogens is 3. The fourth-order valence-electron chi connectivity index (χ4n) is 1.55. The second-order valence-corrected chi connectivity index (χ2v) is 4.65. The standard InChI is InChI=1S/C13H11Cl2FN2/c14-11-5-10(17)6-12(15)13(11)18-7-8-1-3-9(16)4-2-8/h1-6,18H,7,17H2. The van der Waals surface area contributed by atoms with Crippen LogP contribution in [0.3, 0.4) is 0 Å². The molecule has 0 atom stereocenters. The summed E-state index contributed by atoms with van der Waals surface area (Å²) in [6.45, 7) is 0.504. The molecule has 2 rings (SSSR count). The maximum atomic E-state index is 12.7. The number of hydrogen-bond donors (Lipinski definition) is 2. The Morgan fingerprint density at radius 3 is 2.17 bits per heavy atom. The number of nitrogen functional groups attached to an aromatic ring is 1. The van der Waals surface area contributed by atoms with Gasteiger partial charge >= 0.3 is 0 Å². The Balaban J connectivity index is 2.13. The molecule has 2 aromatic carbocycles. The number of benzene rings is 2. The van der Waals surface area contributed by atoms with Crippen molar-refractivity contribution in [1.29, 1.82) is 0 Å². The van der Waals surface area contributed by atoms with Gasteiger partial charge in [0.2, 0.25) is 0 Å². The molecular weight excluding hydrogens is 274 g/mol. The van der Waals surface area contributed by atoms with Crippen LogP contribution in [0.2, 0.25) is 10.0 Å². The third kappa shape index (κ3) is 3.06. The molecule has 0 saturated carbocycles. The maximum Gasteiger partial charge on any atom is 0.123 e. The molecule has 0 spiro atoms. The first-order valence-electron chi connectivity index (χ1n) is 5.29. The Labute approximate surface area is 115 Å². The van der Waals surface area contributed by atoms with Gasteiger partial charge in [-0.1, -0.05) is 35.3 Å². The third-order valence-corrected chi connectivity index (χ3v) is 3.04. The zero-order valence-electron chi connectivity index (χ0n) is 9.38. The number of nitrogens with two attached hydrogens (primary N) is 1. The van der Waals surface area contributed by atoms with E-state index in [9.17, 15) is 4.39 Å². The zero-order chi connectivity index (χ0) is 13.1. The lowest BCUT2D eigenvalue weighted by molar-refractivity contribution is 0.627. The van der Waals surface area contributed by atoms with E-state index >= 15 is 0 Å². The van der Waals surface area contributed by atoms with Gasteiger partial charge in [-0.25, -0.2) is 4.39 Å². The van der Waals surface area contributed by atoms with Crippen molar-refractivity contribution in [3.05, 3.63) is 57.8 Å². The van der Waals surface area contributed by atoms with Gasteiger partial charge in [0.25, 0.3) is 0 Å². The Bertz CT molecular complexity index is 532. The molecule has 0 heterocycles. The van der Waals surface area contributed by atoms with Gasteiger partial charge in [0, 0.05) is 12.2 Å². The predicted molar refractivity (Wildman–Crippen MR) is 74.6 cm³/mol. The molecule has 0 amide bonds. The molecule has 2 aromatic rings. The molecule has 3 N–H and O–H groups in total. The summed E-state index contributed by atoms with van der Waals surface area (Å²) in [4.78, 5) is 0. The molecule has 0 aliphatic rings. The van der Waals surface area contributed by atoms with Crippen LogP contribution < -0.4 is 11.1 Å². The maximum absolute atomic E-state index is 12.7. The lowest BCUT2D eigenvalue weighted by atomic mass is 10.2. The van der Waals surface area contributed by atoms with Crippen LogP contribution >= 0.6 is 23.2 Å². The molecule has 0 aliphatic carbocycles. The van der Waals surface area contributed by atoms with E-state index in [1.807, 2.05) is 0 Å². The van der Waals surface area contributed by atoms with Crippen molar-refractivity contribution in [2.75, 3.05) is 11.1 Å². The van der Waals surface area contributed by atoms with Crippen LogP contribution in [0.15, 0.2) is 36.4 Å². The highest BCUT2D eigenvalue weighted by Crippen LogP contribution is 2.33. The molecule has 0 radical (unpaired) electrons. The topological polar surface area (TPSA) is 38.0 Å². The first-order valence-corrected chi connectivity index (χ1v) is 6.04. The molecule has 94 valence electrons. The SMILES string of the molecule is Nc1cc(Cl)c(NCc2ccc(F)cc2)c(Cl)c1. The van der Waals surface area contributed by atoms with Crippen LogP contribution in [0.4, 0.5) is 15.8 Å². The van der Waals surface area contributed by atoms with E-state index in [4.69, 9.17) is 28.9 Å². The van der Waals surface area contributed by atoms with E-state index in [0.29, 0.717) is 28.0 Å². The first-order chi connectivity index (χ1) is 8.56. The molecule has 0 bridgehead atoms. The molecule has 0 aromatic heterocycles. The molecule has 18 heavy (non-hydrogen) atoms. The van der Waals surface area contributed by atoms with Crippen LogP contribution in [0.1, 0.15) is 5.56 Å². The minimum absolute atomic E-state index is 0.262. The minimum Gasteiger partial charge on any atom is -0.399 e. The Kier molecular flexibility index (Phi) is 3.94. The summed E-state index contributed by atoms with van der Waals surface area (Å²) >= 11 is 12.1. The monoisotopic (exact) mass is 284 g/mol. The molecule has 0 unspecified atom stereocenters. The Morgan fingerprint density at radius 1 is 1.06 bits per heavy atom. The van der Waals surface area contributed by atoms with Gasteiger partial charge in [-0.15, -0.1) is 0 Å². The second-order valence-electron chi connectivity index (χ2n) is 3.84. The zero-order valence-corrected chi connectivity index (χ0v) is 10.9. The highest BCUT2D eigenvalue weighted by Gasteiger charge is 2.06. The van der Waals surface area contributed by atoms with E-state index in [2.05, 4.69) is 5.32 Å². The summed E-state index contributed by atoms with van der Waals surface area (Å²) in [6.07, 6.45) is 0. The summed E-state index contributed by atoms with van der Waals surface area (Å²) < 4.78 is 12.7. The lowest BCUT2D eigenvalue weighted by Gasteiger charge is -2.11. The van der Waals surface area contributed by atoms with E-state index in [-0.39, 0.29) is 5.82 Å². The molecule has 0 saturated heterocycles. The van der Waals surface area contributed by atoms with Crippen LogP contribution in [0.5, 0.6) is 0 Å². The van der Waals surface area contributed by atoms with E-state index < -0.39 is 0 Å². The van der Waals surface area contributed by atoms with Gasteiger partial charge in [0.05, 0.1) is 15.7 Å². The van der Waals surface area contributed by atoms with E-state index in [1.165, 1.54) is 12.1 Å². The van der Waals surface area contributed by atoms with Gasteiger partial charge < -0.3 is 11.1 Å². The van der Waals surface area contributed by atoms with Gasteiger partial charge in [-0.05, 0) is 29.8 Å². The van der Waals surface area contributed by atoms with Crippen LogP contribution in [0.25, 0.3) is 0 Å². The van der Waals surface area contributed by atoms with Crippen molar-refractivity contribution >= 4 is 34.6 Å². The fourth-order valence-corrected chi connectivity index (χ4v) is 2.19. The van der Waals surface area contributed by atoms with Crippen molar-refractivity contribution in [2.24, 2.45) is 0 Å². The van der Waals surface area contributed by atoms with Gasteiger partial charge in [0.1, 0.15) is 5.82 Å². The normalized spacial score (nSPS) is 10.4. The summed E-state index contributed by atoms with van der Waals surface area (Å²) in [5, 5.41) is 4.02.